The third-order valence-corrected chi connectivity index (χ3v) is 3.38. The summed E-state index contributed by atoms with van der Waals surface area (Å²) in [6.45, 7) is 9.13. The zero-order chi connectivity index (χ0) is 16.5. The van der Waals surface area contributed by atoms with Gasteiger partial charge < -0.3 is 15.4 Å². The molecule has 0 saturated carbocycles. The fourth-order valence-electron chi connectivity index (χ4n) is 2.08. The van der Waals surface area contributed by atoms with Gasteiger partial charge in [0.15, 0.2) is 0 Å². The van der Waals surface area contributed by atoms with Crippen molar-refractivity contribution in [2.24, 2.45) is 5.92 Å². The second kappa shape index (κ2) is 9.20. The van der Waals surface area contributed by atoms with Crippen LogP contribution in [0.15, 0.2) is 24.3 Å². The van der Waals surface area contributed by atoms with Gasteiger partial charge in [-0.05, 0) is 31.4 Å². The van der Waals surface area contributed by atoms with Crippen LogP contribution in [0.25, 0.3) is 0 Å². The van der Waals surface area contributed by atoms with Crippen molar-refractivity contribution < 1.29 is 14.3 Å². The zero-order valence-electron chi connectivity index (χ0n) is 13.8. The Morgan fingerprint density at radius 3 is 2.50 bits per heavy atom. The van der Waals surface area contributed by atoms with Crippen LogP contribution in [-0.4, -0.2) is 37.6 Å². The molecule has 2 amide bonds. The summed E-state index contributed by atoms with van der Waals surface area (Å²) in [4.78, 5) is 24.6. The molecule has 1 aromatic rings. The smallest absolute Gasteiger partial charge is 0.252 e. The van der Waals surface area contributed by atoms with Crippen LogP contribution in [0.2, 0.25) is 0 Å². The predicted octanol–water partition coefficient (Wildman–Crippen LogP) is 1.90. The Kier molecular flexibility index (Phi) is 7.60. The number of carbonyl (C=O) groups excluding carboxylic acids is 2. The molecule has 5 heteroatoms. The largest absolute Gasteiger partial charge is 0.380 e. The van der Waals surface area contributed by atoms with Crippen LogP contribution in [0.1, 0.15) is 36.7 Å². The summed E-state index contributed by atoms with van der Waals surface area (Å²) in [7, 11) is 0. The van der Waals surface area contributed by atoms with Crippen molar-refractivity contribution >= 4 is 11.8 Å². The van der Waals surface area contributed by atoms with Crippen molar-refractivity contribution in [1.82, 2.24) is 10.6 Å². The van der Waals surface area contributed by atoms with Gasteiger partial charge in [-0.15, -0.1) is 0 Å². The molecule has 0 fully saturated rings. The van der Waals surface area contributed by atoms with Crippen molar-refractivity contribution in [2.45, 2.75) is 33.7 Å². The van der Waals surface area contributed by atoms with Gasteiger partial charge in [0.1, 0.15) is 6.04 Å². The molecule has 1 rings (SSSR count). The van der Waals surface area contributed by atoms with Gasteiger partial charge in [0.05, 0.1) is 6.61 Å². The van der Waals surface area contributed by atoms with Crippen LogP contribution in [0.4, 0.5) is 0 Å². The van der Waals surface area contributed by atoms with Crippen molar-refractivity contribution in [2.75, 3.05) is 19.8 Å². The summed E-state index contributed by atoms with van der Waals surface area (Å²) in [5.74, 6) is -0.409. The zero-order valence-corrected chi connectivity index (χ0v) is 13.8. The number of amides is 2. The van der Waals surface area contributed by atoms with Crippen LogP contribution in [-0.2, 0) is 9.53 Å². The van der Waals surface area contributed by atoms with E-state index in [4.69, 9.17) is 4.74 Å². The molecule has 0 spiro atoms. The predicted molar refractivity (Wildman–Crippen MR) is 86.8 cm³/mol. The highest BCUT2D eigenvalue weighted by Crippen LogP contribution is 2.09. The number of nitrogens with one attached hydrogen (secondary N) is 2. The molecular weight excluding hydrogens is 280 g/mol. The number of aryl methyl sites for hydroxylation is 1. The molecule has 22 heavy (non-hydrogen) atoms. The van der Waals surface area contributed by atoms with Gasteiger partial charge >= 0.3 is 0 Å². The van der Waals surface area contributed by atoms with Gasteiger partial charge in [0, 0.05) is 18.7 Å². The topological polar surface area (TPSA) is 67.4 Å². The molecule has 0 aliphatic heterocycles. The van der Waals surface area contributed by atoms with E-state index >= 15 is 0 Å². The van der Waals surface area contributed by atoms with Crippen LogP contribution in [0.3, 0.4) is 0 Å². The van der Waals surface area contributed by atoms with Crippen LogP contribution in [0, 0.1) is 12.8 Å². The lowest BCUT2D eigenvalue weighted by Crippen LogP contribution is -2.50. The van der Waals surface area contributed by atoms with E-state index in [-0.39, 0.29) is 17.7 Å². The van der Waals surface area contributed by atoms with Crippen LogP contribution < -0.4 is 10.6 Å². The Bertz CT molecular complexity index is 500. The molecule has 0 radical (unpaired) electrons. The minimum atomic E-state index is -0.561. The molecule has 0 bridgehead atoms. The number of hydrogen-bond acceptors (Lipinski definition) is 3. The highest BCUT2D eigenvalue weighted by Gasteiger charge is 2.24. The second-order valence-electron chi connectivity index (χ2n) is 5.50. The Balaban J connectivity index is 2.66. The van der Waals surface area contributed by atoms with E-state index in [1.54, 1.807) is 6.07 Å². The number of rotatable bonds is 8. The average Bonchev–Trinajstić information content (AvgIpc) is 2.49. The van der Waals surface area contributed by atoms with Gasteiger partial charge in [0.2, 0.25) is 5.91 Å². The van der Waals surface area contributed by atoms with Crippen LogP contribution in [0.5, 0.6) is 0 Å². The van der Waals surface area contributed by atoms with E-state index in [0.29, 0.717) is 25.3 Å². The minimum Gasteiger partial charge on any atom is -0.380 e. The normalized spacial score (nSPS) is 12.0. The van der Waals surface area contributed by atoms with Gasteiger partial charge in [-0.1, -0.05) is 32.0 Å². The molecule has 0 heterocycles. The van der Waals surface area contributed by atoms with E-state index in [9.17, 15) is 9.59 Å². The Labute approximate surface area is 132 Å². The van der Waals surface area contributed by atoms with Gasteiger partial charge in [-0.2, -0.15) is 0 Å². The first-order valence-electron chi connectivity index (χ1n) is 7.69. The van der Waals surface area contributed by atoms with E-state index in [1.165, 1.54) is 0 Å². The molecule has 122 valence electrons. The number of benzene rings is 1. The molecule has 0 aliphatic rings. The maximum atomic E-state index is 12.3. The van der Waals surface area contributed by atoms with E-state index in [1.807, 2.05) is 45.9 Å². The molecule has 2 N–H and O–H groups in total. The standard InChI is InChI=1S/C17H26N2O3/c1-5-22-11-10-18-17(21)15(12(2)3)19-16(20)14-9-7-6-8-13(14)4/h6-9,12,15H,5,10-11H2,1-4H3,(H,18,21)(H,19,20)/t15-/m0/s1. The number of hydrogen-bond donors (Lipinski definition) is 2. The molecule has 1 aromatic carbocycles. The Morgan fingerprint density at radius 2 is 1.91 bits per heavy atom. The third kappa shape index (κ3) is 5.48. The minimum absolute atomic E-state index is 0.0000573. The molecule has 5 nitrogen and oxygen atoms in total. The van der Waals surface area contributed by atoms with Gasteiger partial charge in [-0.25, -0.2) is 0 Å². The first-order valence-corrected chi connectivity index (χ1v) is 7.69. The van der Waals surface area contributed by atoms with Crippen molar-refractivity contribution in [3.05, 3.63) is 35.4 Å². The fraction of sp³-hybridized carbons (Fsp3) is 0.529. The van der Waals surface area contributed by atoms with Crippen molar-refractivity contribution in [3.63, 3.8) is 0 Å². The quantitative estimate of drug-likeness (QED) is 0.721. The molecule has 0 saturated heterocycles. The highest BCUT2D eigenvalue weighted by molar-refractivity contribution is 5.98. The second-order valence-corrected chi connectivity index (χ2v) is 5.50. The average molecular weight is 306 g/mol. The van der Waals surface area contributed by atoms with E-state index in [0.717, 1.165) is 5.56 Å². The lowest BCUT2D eigenvalue weighted by molar-refractivity contribution is -0.124. The lowest BCUT2D eigenvalue weighted by atomic mass is 10.0. The maximum Gasteiger partial charge on any atom is 0.252 e. The number of ether oxygens (including phenoxy) is 1. The summed E-state index contributed by atoms with van der Waals surface area (Å²) in [5, 5.41) is 5.61. The van der Waals surface area contributed by atoms with E-state index in [2.05, 4.69) is 10.6 Å². The van der Waals surface area contributed by atoms with Crippen molar-refractivity contribution in [3.8, 4) is 0 Å². The monoisotopic (exact) mass is 306 g/mol. The Morgan fingerprint density at radius 1 is 1.23 bits per heavy atom. The van der Waals surface area contributed by atoms with E-state index < -0.39 is 6.04 Å². The summed E-state index contributed by atoms with van der Waals surface area (Å²) < 4.78 is 5.19. The van der Waals surface area contributed by atoms with Gasteiger partial charge in [-0.3, -0.25) is 9.59 Å². The first-order chi connectivity index (χ1) is 10.5. The summed E-state index contributed by atoms with van der Waals surface area (Å²) in [6, 6.07) is 6.77. The lowest BCUT2D eigenvalue weighted by Gasteiger charge is -2.22. The maximum absolute atomic E-state index is 12.3. The molecule has 0 aliphatic carbocycles. The summed E-state index contributed by atoms with van der Waals surface area (Å²) >= 11 is 0. The SMILES string of the molecule is CCOCCNC(=O)[C@@H](NC(=O)c1ccccc1C)C(C)C. The highest BCUT2D eigenvalue weighted by atomic mass is 16.5. The first kappa shape index (κ1) is 18.2. The molecule has 0 unspecified atom stereocenters. The molecule has 1 atom stereocenters. The van der Waals surface area contributed by atoms with Crippen LogP contribution >= 0.6 is 0 Å². The Hall–Kier alpha value is -1.88. The molecular formula is C17H26N2O3. The third-order valence-electron chi connectivity index (χ3n) is 3.38. The van der Waals surface area contributed by atoms with Crippen molar-refractivity contribution in [1.29, 1.82) is 0 Å². The van der Waals surface area contributed by atoms with Gasteiger partial charge in [0.25, 0.3) is 5.91 Å². The summed E-state index contributed by atoms with van der Waals surface area (Å²) in [5.41, 5.74) is 1.48. The summed E-state index contributed by atoms with van der Waals surface area (Å²) in [6.07, 6.45) is 0. The number of carbonyl (C=O) groups is 2. The fourth-order valence-corrected chi connectivity index (χ4v) is 2.08. The molecule has 0 aromatic heterocycles.